The zero-order chi connectivity index (χ0) is 13.7. The Bertz CT molecular complexity index is 538. The van der Waals surface area contributed by atoms with Crippen molar-refractivity contribution in [3.63, 3.8) is 0 Å². The normalized spacial score (nSPS) is 10.3. The molecule has 0 saturated carbocycles. The van der Waals surface area contributed by atoms with Crippen molar-refractivity contribution in [3.05, 3.63) is 58.1 Å². The third kappa shape index (κ3) is 3.49. The molecule has 1 N–H and O–H groups in total. The van der Waals surface area contributed by atoms with Crippen LogP contribution in [0.1, 0.15) is 11.1 Å². The maximum absolute atomic E-state index is 9.34. The van der Waals surface area contributed by atoms with E-state index < -0.39 is 0 Å². The summed E-state index contributed by atoms with van der Waals surface area (Å²) in [4.78, 5) is 0. The summed E-state index contributed by atoms with van der Waals surface area (Å²) >= 11 is 3.40. The van der Waals surface area contributed by atoms with Gasteiger partial charge < -0.3 is 14.6 Å². The number of halogens is 1. The van der Waals surface area contributed by atoms with Crippen LogP contribution < -0.4 is 9.47 Å². The van der Waals surface area contributed by atoms with Crippen molar-refractivity contribution in [2.24, 2.45) is 0 Å². The minimum Gasteiger partial charge on any atom is -0.497 e. The van der Waals surface area contributed by atoms with Crippen LogP contribution in [0.5, 0.6) is 11.5 Å². The predicted octanol–water partition coefficient (Wildman–Crippen LogP) is 3.53. The van der Waals surface area contributed by atoms with Crippen LogP contribution in [-0.2, 0) is 13.2 Å². The van der Waals surface area contributed by atoms with Gasteiger partial charge in [0.1, 0.15) is 18.1 Å². The Kier molecular flexibility index (Phi) is 4.82. The van der Waals surface area contributed by atoms with E-state index in [4.69, 9.17) is 9.47 Å². The Balaban J connectivity index is 2.07. The molecule has 0 aliphatic heterocycles. The van der Waals surface area contributed by atoms with Gasteiger partial charge in [0.2, 0.25) is 0 Å². The average molecular weight is 323 g/mol. The second kappa shape index (κ2) is 6.59. The maximum Gasteiger partial charge on any atom is 0.126 e. The first kappa shape index (κ1) is 13.9. The highest BCUT2D eigenvalue weighted by Gasteiger charge is 2.06. The van der Waals surface area contributed by atoms with Crippen LogP contribution >= 0.6 is 15.9 Å². The summed E-state index contributed by atoms with van der Waals surface area (Å²) in [5.41, 5.74) is 1.81. The molecule has 2 aromatic rings. The molecule has 3 nitrogen and oxygen atoms in total. The first-order valence-electron chi connectivity index (χ1n) is 5.88. The van der Waals surface area contributed by atoms with Gasteiger partial charge in [-0.1, -0.05) is 34.1 Å². The summed E-state index contributed by atoms with van der Waals surface area (Å²) in [6, 6.07) is 13.3. The van der Waals surface area contributed by atoms with Gasteiger partial charge in [-0.3, -0.25) is 0 Å². The summed E-state index contributed by atoms with van der Waals surface area (Å²) in [5.74, 6) is 1.51. The Morgan fingerprint density at radius 3 is 2.47 bits per heavy atom. The molecule has 0 spiro atoms. The quantitative estimate of drug-likeness (QED) is 0.915. The molecule has 0 aliphatic rings. The second-order valence-electron chi connectivity index (χ2n) is 4.01. The Morgan fingerprint density at radius 2 is 1.84 bits per heavy atom. The molecule has 0 bridgehead atoms. The predicted molar refractivity (Wildman–Crippen MR) is 77.4 cm³/mol. The maximum atomic E-state index is 9.34. The first-order chi connectivity index (χ1) is 9.24. The van der Waals surface area contributed by atoms with Crippen molar-refractivity contribution in [1.29, 1.82) is 0 Å². The van der Waals surface area contributed by atoms with Gasteiger partial charge in [0.15, 0.2) is 0 Å². The zero-order valence-corrected chi connectivity index (χ0v) is 12.2. The molecule has 0 unspecified atom stereocenters. The molecule has 2 rings (SSSR count). The van der Waals surface area contributed by atoms with Crippen LogP contribution in [-0.4, -0.2) is 12.2 Å². The minimum absolute atomic E-state index is 0.0562. The van der Waals surface area contributed by atoms with Gasteiger partial charge >= 0.3 is 0 Å². The Labute approximate surface area is 120 Å². The van der Waals surface area contributed by atoms with E-state index in [1.807, 2.05) is 42.5 Å². The van der Waals surface area contributed by atoms with Gasteiger partial charge in [-0.15, -0.1) is 0 Å². The van der Waals surface area contributed by atoms with E-state index >= 15 is 0 Å². The van der Waals surface area contributed by atoms with Crippen LogP contribution in [0.25, 0.3) is 0 Å². The molecular formula is C15H15BrO3. The smallest absolute Gasteiger partial charge is 0.126 e. The minimum atomic E-state index is -0.0562. The molecule has 0 saturated heterocycles. The summed E-state index contributed by atoms with van der Waals surface area (Å²) in [6.45, 7) is 0.396. The van der Waals surface area contributed by atoms with Crippen LogP contribution in [0.2, 0.25) is 0 Å². The van der Waals surface area contributed by atoms with E-state index in [1.165, 1.54) is 0 Å². The van der Waals surface area contributed by atoms with E-state index in [0.29, 0.717) is 12.4 Å². The number of hydrogen-bond acceptors (Lipinski definition) is 3. The highest BCUT2D eigenvalue weighted by molar-refractivity contribution is 9.10. The molecule has 0 atom stereocenters. The molecule has 4 heteroatoms. The molecule has 0 aliphatic carbocycles. The summed E-state index contributed by atoms with van der Waals surface area (Å²) < 4.78 is 11.7. The number of ether oxygens (including phenoxy) is 2. The van der Waals surface area contributed by atoms with Crippen molar-refractivity contribution < 1.29 is 14.6 Å². The SMILES string of the molecule is COc1ccc(COc2cccc(Br)c2CO)cc1. The summed E-state index contributed by atoms with van der Waals surface area (Å²) in [6.07, 6.45) is 0. The van der Waals surface area contributed by atoms with E-state index in [2.05, 4.69) is 15.9 Å². The van der Waals surface area contributed by atoms with Crippen LogP contribution in [0.3, 0.4) is 0 Å². The lowest BCUT2D eigenvalue weighted by atomic mass is 10.2. The molecular weight excluding hydrogens is 308 g/mol. The van der Waals surface area contributed by atoms with Crippen LogP contribution in [0.15, 0.2) is 46.9 Å². The number of aliphatic hydroxyl groups is 1. The van der Waals surface area contributed by atoms with Crippen molar-refractivity contribution in [1.82, 2.24) is 0 Å². The lowest BCUT2D eigenvalue weighted by Crippen LogP contribution is -1.99. The molecule has 0 heterocycles. The summed E-state index contributed by atoms with van der Waals surface area (Å²) in [5, 5.41) is 9.34. The van der Waals surface area contributed by atoms with E-state index in [-0.39, 0.29) is 6.61 Å². The highest BCUT2D eigenvalue weighted by Crippen LogP contribution is 2.27. The lowest BCUT2D eigenvalue weighted by Gasteiger charge is -2.11. The van der Waals surface area contributed by atoms with Crippen molar-refractivity contribution in [2.75, 3.05) is 7.11 Å². The van der Waals surface area contributed by atoms with Crippen molar-refractivity contribution in [2.45, 2.75) is 13.2 Å². The van der Waals surface area contributed by atoms with Crippen molar-refractivity contribution in [3.8, 4) is 11.5 Å². The van der Waals surface area contributed by atoms with E-state index in [0.717, 1.165) is 21.3 Å². The summed E-state index contributed by atoms with van der Waals surface area (Å²) in [7, 11) is 1.64. The number of methoxy groups -OCH3 is 1. The van der Waals surface area contributed by atoms with Crippen LogP contribution in [0, 0.1) is 0 Å². The standard InChI is InChI=1S/C15H15BrO3/c1-18-12-7-5-11(6-8-12)10-19-15-4-2-3-14(16)13(15)9-17/h2-8,17H,9-10H2,1H3. The average Bonchev–Trinajstić information content (AvgIpc) is 2.45. The number of hydrogen-bond donors (Lipinski definition) is 1. The van der Waals surface area contributed by atoms with Gasteiger partial charge in [-0.25, -0.2) is 0 Å². The van der Waals surface area contributed by atoms with Gasteiger partial charge in [-0.05, 0) is 29.8 Å². The van der Waals surface area contributed by atoms with Crippen molar-refractivity contribution >= 4 is 15.9 Å². The third-order valence-electron chi connectivity index (χ3n) is 2.79. The fourth-order valence-electron chi connectivity index (χ4n) is 1.71. The Hall–Kier alpha value is -1.52. The molecule has 19 heavy (non-hydrogen) atoms. The largest absolute Gasteiger partial charge is 0.497 e. The van der Waals surface area contributed by atoms with Gasteiger partial charge in [-0.2, -0.15) is 0 Å². The van der Waals surface area contributed by atoms with Crippen LogP contribution in [0.4, 0.5) is 0 Å². The number of rotatable bonds is 5. The monoisotopic (exact) mass is 322 g/mol. The van der Waals surface area contributed by atoms with E-state index in [9.17, 15) is 5.11 Å². The molecule has 0 amide bonds. The topological polar surface area (TPSA) is 38.7 Å². The Morgan fingerprint density at radius 1 is 1.11 bits per heavy atom. The molecule has 0 fully saturated rings. The fourth-order valence-corrected chi connectivity index (χ4v) is 2.18. The fraction of sp³-hybridized carbons (Fsp3) is 0.200. The van der Waals surface area contributed by atoms with Gasteiger partial charge in [0, 0.05) is 10.0 Å². The molecule has 0 radical (unpaired) electrons. The second-order valence-corrected chi connectivity index (χ2v) is 4.87. The number of benzene rings is 2. The first-order valence-corrected chi connectivity index (χ1v) is 6.68. The van der Waals surface area contributed by atoms with Gasteiger partial charge in [0.05, 0.1) is 13.7 Å². The molecule has 2 aromatic carbocycles. The van der Waals surface area contributed by atoms with Gasteiger partial charge in [0.25, 0.3) is 0 Å². The molecule has 100 valence electrons. The lowest BCUT2D eigenvalue weighted by molar-refractivity contribution is 0.258. The zero-order valence-electron chi connectivity index (χ0n) is 10.6. The molecule has 0 aromatic heterocycles. The third-order valence-corrected chi connectivity index (χ3v) is 3.53. The highest BCUT2D eigenvalue weighted by atomic mass is 79.9. The number of aliphatic hydroxyl groups excluding tert-OH is 1. The van der Waals surface area contributed by atoms with E-state index in [1.54, 1.807) is 7.11 Å².